The van der Waals surface area contributed by atoms with Gasteiger partial charge < -0.3 is 9.47 Å². The molecule has 0 saturated carbocycles. The van der Waals surface area contributed by atoms with Crippen LogP contribution in [-0.4, -0.2) is 25.5 Å². The van der Waals surface area contributed by atoms with Crippen LogP contribution < -0.4 is 11.3 Å². The molecular weight excluding hydrogens is 332 g/mol. The zero-order valence-corrected chi connectivity index (χ0v) is 13.5. The van der Waals surface area contributed by atoms with Crippen molar-refractivity contribution in [2.75, 3.05) is 13.2 Å². The number of hydrogen-bond acceptors (Lipinski definition) is 4. The van der Waals surface area contributed by atoms with Gasteiger partial charge in [-0.2, -0.15) is 0 Å². The normalized spacial score (nSPS) is 12.9. The molecule has 0 bridgehead atoms. The van der Waals surface area contributed by atoms with Crippen LogP contribution in [0.3, 0.4) is 0 Å². The van der Waals surface area contributed by atoms with E-state index in [1.54, 1.807) is 0 Å². The monoisotopic (exact) mass is 350 g/mol. The number of rotatable bonds is 8. The molecule has 0 aromatic heterocycles. The third-order valence-corrected chi connectivity index (χ3v) is 3.50. The lowest BCUT2D eigenvalue weighted by molar-refractivity contribution is -0.153. The lowest BCUT2D eigenvalue weighted by Crippen LogP contribution is -2.48. The summed E-state index contributed by atoms with van der Waals surface area (Å²) in [4.78, 5) is 0. The van der Waals surface area contributed by atoms with E-state index in [0.717, 1.165) is 10.0 Å². The van der Waals surface area contributed by atoms with E-state index in [2.05, 4.69) is 21.4 Å². The summed E-state index contributed by atoms with van der Waals surface area (Å²) < 4.78 is 12.1. The van der Waals surface area contributed by atoms with Gasteiger partial charge in [0.15, 0.2) is 6.29 Å². The summed E-state index contributed by atoms with van der Waals surface area (Å²) >= 11 is 9.59. The largest absolute Gasteiger partial charge is 0.351 e. The van der Waals surface area contributed by atoms with Gasteiger partial charge in [0.2, 0.25) is 0 Å². The molecule has 0 radical (unpaired) electrons. The molecule has 0 amide bonds. The Morgan fingerprint density at radius 3 is 2.42 bits per heavy atom. The Bertz CT molecular complexity index is 387. The SMILES string of the molecule is CCOC(OCC)C(Cc1ccc(Br)cc1Cl)NN. The van der Waals surface area contributed by atoms with Crippen molar-refractivity contribution in [1.82, 2.24) is 5.43 Å². The highest BCUT2D eigenvalue weighted by Gasteiger charge is 2.22. The van der Waals surface area contributed by atoms with Crippen LogP contribution in [0.1, 0.15) is 19.4 Å². The van der Waals surface area contributed by atoms with Crippen molar-refractivity contribution in [1.29, 1.82) is 0 Å². The Balaban J connectivity index is 2.78. The van der Waals surface area contributed by atoms with Crippen LogP contribution in [0.5, 0.6) is 0 Å². The minimum atomic E-state index is -0.389. The average Bonchev–Trinajstić information content (AvgIpc) is 2.38. The number of nitrogens with two attached hydrogens (primary N) is 1. The van der Waals surface area contributed by atoms with Crippen molar-refractivity contribution in [3.05, 3.63) is 33.3 Å². The van der Waals surface area contributed by atoms with Crippen LogP contribution in [0.2, 0.25) is 5.02 Å². The molecule has 0 aliphatic heterocycles. The smallest absolute Gasteiger partial charge is 0.174 e. The summed E-state index contributed by atoms with van der Waals surface area (Å²) in [5.41, 5.74) is 3.74. The molecule has 0 heterocycles. The first-order chi connectivity index (χ1) is 9.12. The lowest BCUT2D eigenvalue weighted by Gasteiger charge is -2.26. The van der Waals surface area contributed by atoms with Gasteiger partial charge in [-0.05, 0) is 38.0 Å². The molecule has 6 heteroatoms. The number of hydrazine groups is 1. The van der Waals surface area contributed by atoms with Gasteiger partial charge in [0.05, 0.1) is 6.04 Å². The zero-order chi connectivity index (χ0) is 14.3. The maximum absolute atomic E-state index is 6.21. The molecule has 1 aromatic carbocycles. The van der Waals surface area contributed by atoms with E-state index in [9.17, 15) is 0 Å². The quantitative estimate of drug-likeness (QED) is 0.429. The zero-order valence-electron chi connectivity index (χ0n) is 11.2. The van der Waals surface area contributed by atoms with Gasteiger partial charge in [-0.3, -0.25) is 11.3 Å². The fourth-order valence-electron chi connectivity index (χ4n) is 1.77. The molecule has 1 atom stereocenters. The maximum Gasteiger partial charge on any atom is 0.174 e. The molecule has 1 unspecified atom stereocenters. The minimum absolute atomic E-state index is 0.154. The van der Waals surface area contributed by atoms with Gasteiger partial charge in [-0.15, -0.1) is 0 Å². The van der Waals surface area contributed by atoms with Crippen LogP contribution in [0.4, 0.5) is 0 Å². The van der Waals surface area contributed by atoms with Crippen LogP contribution in [0.25, 0.3) is 0 Å². The highest BCUT2D eigenvalue weighted by molar-refractivity contribution is 9.10. The summed E-state index contributed by atoms with van der Waals surface area (Å²) in [5, 5.41) is 0.696. The van der Waals surface area contributed by atoms with Gasteiger partial charge in [0.25, 0.3) is 0 Å². The molecule has 0 aliphatic rings. The fraction of sp³-hybridized carbons (Fsp3) is 0.538. The van der Waals surface area contributed by atoms with Gasteiger partial charge in [-0.25, -0.2) is 0 Å². The Labute approximate surface area is 127 Å². The second-order valence-corrected chi connectivity index (χ2v) is 5.31. The standard InChI is InChI=1S/C13H20BrClN2O2/c1-3-18-13(19-4-2)12(17-16)7-9-5-6-10(14)8-11(9)15/h5-6,8,12-13,17H,3-4,7,16H2,1-2H3. The van der Waals surface area contributed by atoms with E-state index in [1.165, 1.54) is 0 Å². The van der Waals surface area contributed by atoms with Crippen LogP contribution in [0, 0.1) is 0 Å². The first-order valence-corrected chi connectivity index (χ1v) is 7.42. The Kier molecular flexibility index (Phi) is 7.90. The van der Waals surface area contributed by atoms with E-state index in [-0.39, 0.29) is 12.3 Å². The first-order valence-electron chi connectivity index (χ1n) is 6.25. The molecular formula is C13H20BrClN2O2. The third-order valence-electron chi connectivity index (χ3n) is 2.66. The van der Waals surface area contributed by atoms with Crippen LogP contribution in [0.15, 0.2) is 22.7 Å². The Hall–Kier alpha value is -0.170. The molecule has 1 rings (SSSR count). The van der Waals surface area contributed by atoms with Crippen LogP contribution >= 0.6 is 27.5 Å². The van der Waals surface area contributed by atoms with Crippen molar-refractivity contribution in [2.45, 2.75) is 32.6 Å². The first kappa shape index (κ1) is 16.9. The number of ether oxygens (including phenoxy) is 2. The van der Waals surface area contributed by atoms with Gasteiger partial charge in [0, 0.05) is 22.7 Å². The Morgan fingerprint density at radius 1 is 1.32 bits per heavy atom. The summed E-state index contributed by atoms with van der Waals surface area (Å²) in [7, 11) is 0. The van der Waals surface area contributed by atoms with Crippen LogP contribution in [-0.2, 0) is 15.9 Å². The summed E-state index contributed by atoms with van der Waals surface area (Å²) in [6.45, 7) is 4.98. The highest BCUT2D eigenvalue weighted by Crippen LogP contribution is 2.23. The van der Waals surface area contributed by atoms with E-state index in [0.29, 0.717) is 24.7 Å². The molecule has 0 fully saturated rings. The fourth-order valence-corrected chi connectivity index (χ4v) is 2.52. The maximum atomic E-state index is 6.21. The van der Waals surface area contributed by atoms with Gasteiger partial charge in [-0.1, -0.05) is 33.6 Å². The predicted octanol–water partition coefficient (Wildman–Crippen LogP) is 2.88. The molecule has 19 heavy (non-hydrogen) atoms. The van der Waals surface area contributed by atoms with Crippen molar-refractivity contribution in [3.63, 3.8) is 0 Å². The van der Waals surface area contributed by atoms with E-state index in [1.807, 2.05) is 32.0 Å². The number of nitrogens with one attached hydrogen (secondary N) is 1. The van der Waals surface area contributed by atoms with Gasteiger partial charge in [0.1, 0.15) is 0 Å². The second kappa shape index (κ2) is 8.89. The molecule has 0 saturated heterocycles. The van der Waals surface area contributed by atoms with Crippen molar-refractivity contribution < 1.29 is 9.47 Å². The summed E-state index contributed by atoms with van der Waals surface area (Å²) in [6.07, 6.45) is 0.243. The summed E-state index contributed by atoms with van der Waals surface area (Å²) in [5.74, 6) is 5.60. The molecule has 4 nitrogen and oxygen atoms in total. The van der Waals surface area contributed by atoms with Crippen molar-refractivity contribution in [3.8, 4) is 0 Å². The second-order valence-electron chi connectivity index (χ2n) is 3.99. The molecule has 1 aromatic rings. The molecule has 0 aliphatic carbocycles. The van der Waals surface area contributed by atoms with Gasteiger partial charge >= 0.3 is 0 Å². The molecule has 0 spiro atoms. The van der Waals surface area contributed by atoms with Crippen molar-refractivity contribution in [2.24, 2.45) is 5.84 Å². The molecule has 108 valence electrons. The number of benzene rings is 1. The van der Waals surface area contributed by atoms with Crippen molar-refractivity contribution >= 4 is 27.5 Å². The summed E-state index contributed by atoms with van der Waals surface area (Å²) in [6, 6.07) is 5.62. The number of halogens is 2. The van der Waals surface area contributed by atoms with E-state index in [4.69, 9.17) is 26.9 Å². The topological polar surface area (TPSA) is 56.5 Å². The van der Waals surface area contributed by atoms with E-state index < -0.39 is 0 Å². The predicted molar refractivity (Wildman–Crippen MR) is 81.0 cm³/mol. The third kappa shape index (κ3) is 5.38. The lowest BCUT2D eigenvalue weighted by atomic mass is 10.1. The minimum Gasteiger partial charge on any atom is -0.351 e. The Morgan fingerprint density at radius 2 is 1.95 bits per heavy atom. The number of hydrogen-bond donors (Lipinski definition) is 2. The highest BCUT2D eigenvalue weighted by atomic mass is 79.9. The molecule has 3 N–H and O–H groups in total. The van der Waals surface area contributed by atoms with E-state index >= 15 is 0 Å². The average molecular weight is 352 g/mol.